The molecule has 340 valence electrons. The predicted molar refractivity (Wildman–Crippen MR) is 234 cm³/mol. The third-order valence-corrected chi connectivity index (χ3v) is 11.7. The van der Waals surface area contributed by atoms with E-state index in [1.807, 2.05) is 12.1 Å². The fraction of sp³-hybridized carbons (Fsp3) is 0.391. The first kappa shape index (κ1) is 47.2. The van der Waals surface area contributed by atoms with Crippen molar-refractivity contribution in [3.05, 3.63) is 93.6 Å². The van der Waals surface area contributed by atoms with Gasteiger partial charge in [0.1, 0.15) is 0 Å². The highest BCUT2D eigenvalue weighted by atomic mass is 16.5. The van der Waals surface area contributed by atoms with Gasteiger partial charge < -0.3 is 46.4 Å². The van der Waals surface area contributed by atoms with Crippen LogP contribution in [0, 0.1) is 23.7 Å². The molecule has 4 aliphatic heterocycles. The first-order valence-electron chi connectivity index (χ1n) is 20.9. The fourth-order valence-electron chi connectivity index (χ4n) is 8.09. The molecule has 19 nitrogen and oxygen atoms in total. The maximum absolute atomic E-state index is 12.6. The zero-order valence-electron chi connectivity index (χ0n) is 37.0. The molecular weight excluding hydrogens is 837 g/mol. The van der Waals surface area contributed by atoms with Crippen molar-refractivity contribution in [3.63, 3.8) is 0 Å². The van der Waals surface area contributed by atoms with Gasteiger partial charge >= 0.3 is 5.97 Å². The van der Waals surface area contributed by atoms with Crippen LogP contribution in [0.3, 0.4) is 0 Å². The first-order chi connectivity index (χ1) is 30.4. The summed E-state index contributed by atoms with van der Waals surface area (Å²) in [5, 5.41) is 30.0. The molecule has 0 unspecified atom stereocenters. The van der Waals surface area contributed by atoms with E-state index < -0.39 is 34.9 Å². The Hall–Kier alpha value is -7.32. The predicted octanol–water partition coefficient (Wildman–Crippen LogP) is 0.881. The Labute approximate surface area is 375 Å². The summed E-state index contributed by atoms with van der Waals surface area (Å²) in [5.41, 5.74) is 8.08. The van der Waals surface area contributed by atoms with E-state index in [0.29, 0.717) is 79.2 Å². The number of rotatable bonds is 5. The topological polar surface area (TPSA) is 262 Å². The van der Waals surface area contributed by atoms with Crippen LogP contribution in [0.5, 0.6) is 0 Å². The van der Waals surface area contributed by atoms with E-state index in [0.717, 1.165) is 11.4 Å². The van der Waals surface area contributed by atoms with E-state index in [4.69, 9.17) is 10.5 Å². The summed E-state index contributed by atoms with van der Waals surface area (Å²) in [6.45, 7) is 7.47. The van der Waals surface area contributed by atoms with Gasteiger partial charge in [-0.05, 0) is 43.3 Å². The smallest absolute Gasteiger partial charge is 0.359 e. The molecule has 2 aromatic heterocycles. The Morgan fingerprint density at radius 1 is 0.723 bits per heavy atom. The second-order valence-electron chi connectivity index (χ2n) is 16.1. The van der Waals surface area contributed by atoms with E-state index >= 15 is 0 Å². The minimum absolute atomic E-state index is 0. The van der Waals surface area contributed by atoms with Crippen molar-refractivity contribution >= 4 is 35.5 Å². The Bertz CT molecular complexity index is 2720. The maximum Gasteiger partial charge on any atom is 0.359 e. The molecule has 2 atom stereocenters. The summed E-state index contributed by atoms with van der Waals surface area (Å²) in [6, 6.07) is 14.4. The lowest BCUT2D eigenvalue weighted by Crippen LogP contribution is -2.37. The van der Waals surface area contributed by atoms with Crippen molar-refractivity contribution in [1.29, 1.82) is 0 Å². The van der Waals surface area contributed by atoms with Crippen LogP contribution in [0.2, 0.25) is 0 Å². The lowest BCUT2D eigenvalue weighted by atomic mass is 10.0. The molecule has 8 rings (SSSR count). The van der Waals surface area contributed by atoms with Crippen molar-refractivity contribution < 1.29 is 43.7 Å². The lowest BCUT2D eigenvalue weighted by molar-refractivity contribution is -0.138. The zero-order valence-corrected chi connectivity index (χ0v) is 37.0. The normalized spacial score (nSPS) is 19.7. The monoisotopic (exact) mass is 888 g/mol. The molecule has 19 heteroatoms. The quantitative estimate of drug-likeness (QED) is 0.161. The minimum Gasteiger partial charge on any atom is -0.461 e. The van der Waals surface area contributed by atoms with Gasteiger partial charge in [0.2, 0.25) is 23.0 Å². The number of primary amides is 1. The second-order valence-corrected chi connectivity index (χ2v) is 16.1. The van der Waals surface area contributed by atoms with Crippen LogP contribution in [0.4, 0.5) is 0 Å². The zero-order chi connectivity index (χ0) is 46.1. The molecule has 4 aliphatic rings. The van der Waals surface area contributed by atoms with E-state index in [2.05, 4.69) is 33.9 Å². The van der Waals surface area contributed by atoms with Crippen molar-refractivity contribution in [2.75, 3.05) is 46.9 Å². The molecule has 65 heavy (non-hydrogen) atoms. The molecule has 0 bridgehead atoms. The maximum atomic E-state index is 12.6. The van der Waals surface area contributed by atoms with Gasteiger partial charge in [0.15, 0.2) is 11.4 Å². The average Bonchev–Trinajstić information content (AvgIpc) is 4.01. The number of hydrogen-bond acceptors (Lipinski definition) is 12. The number of amides is 5. The SMILES string of the molecule is CC(=O)N1CCc2c(c(C(N)=O)nn2-c2cccc(C#C[C@]3(O)CCN(C)C3=O)c2)C1.CCOC(=O)c1nn(-c2cccc(C#C[C@]3(O)CCN(C)C3=O)c2)c2c1CN(C(C)=O)CC2.N. The van der Waals surface area contributed by atoms with Crippen molar-refractivity contribution in [2.45, 2.75) is 70.7 Å². The molecule has 2 aromatic carbocycles. The molecule has 7 N–H and O–H groups in total. The number of likely N-dealkylation sites (N-methyl/N-ethyl adjacent to an activating group) is 2. The summed E-state index contributed by atoms with van der Waals surface area (Å²) < 4.78 is 8.53. The van der Waals surface area contributed by atoms with Gasteiger partial charge in [-0.2, -0.15) is 10.2 Å². The van der Waals surface area contributed by atoms with Crippen molar-refractivity contribution in [3.8, 4) is 35.1 Å². The molecule has 0 aliphatic carbocycles. The van der Waals surface area contributed by atoms with Crippen LogP contribution in [-0.2, 0) is 49.8 Å². The summed E-state index contributed by atoms with van der Waals surface area (Å²) in [6.07, 6.45) is 1.59. The van der Waals surface area contributed by atoms with Gasteiger partial charge in [0.05, 0.1) is 29.4 Å². The van der Waals surface area contributed by atoms with E-state index in [1.165, 1.54) is 23.6 Å². The van der Waals surface area contributed by atoms with E-state index in [9.17, 15) is 39.0 Å². The average molecular weight is 889 g/mol. The number of aromatic nitrogens is 4. The summed E-state index contributed by atoms with van der Waals surface area (Å²) >= 11 is 0. The van der Waals surface area contributed by atoms with Gasteiger partial charge in [-0.3, -0.25) is 24.0 Å². The van der Waals surface area contributed by atoms with Crippen LogP contribution >= 0.6 is 0 Å². The number of esters is 1. The largest absolute Gasteiger partial charge is 0.461 e. The molecule has 4 aromatic rings. The Balaban J connectivity index is 0.000000212. The molecule has 0 radical (unpaired) electrons. The summed E-state index contributed by atoms with van der Waals surface area (Å²) in [5.74, 6) is 9.10. The Morgan fingerprint density at radius 2 is 1.15 bits per heavy atom. The number of nitrogens with two attached hydrogens (primary N) is 1. The number of benzene rings is 2. The Kier molecular flexibility index (Phi) is 13.6. The number of fused-ring (bicyclic) bond motifs is 2. The standard InChI is InChI=1S/C24H26N4O5.C22H23N5O4.H3N/c1-4-33-22(30)21-19-15-27(16(2)29)12-9-20(19)28(25-21)18-7-5-6-17(14-18)8-10-24(32)11-13-26(3)23(24)31;1-14(28)26-10-7-18-17(13-26)19(20(23)29)24-27(18)16-5-3-4-15(12-16)6-8-22(31)9-11-25(2)21(22)30;/h5-7,14,32H,4,9,11-13,15H2,1-3H3;3-5,12,31H,7,9-11,13H2,1-2H3,(H2,23,29);1H3/t24-;22-;/m00./s1. The minimum atomic E-state index is -1.68. The van der Waals surface area contributed by atoms with Gasteiger partial charge in [-0.1, -0.05) is 35.8 Å². The summed E-state index contributed by atoms with van der Waals surface area (Å²) in [4.78, 5) is 78.8. The number of hydrogen-bond donors (Lipinski definition) is 4. The van der Waals surface area contributed by atoms with E-state index in [1.54, 1.807) is 76.6 Å². The highest BCUT2D eigenvalue weighted by Crippen LogP contribution is 2.29. The second kappa shape index (κ2) is 18.8. The molecule has 2 saturated heterocycles. The molecule has 0 spiro atoms. The fourth-order valence-corrected chi connectivity index (χ4v) is 8.09. The number of carbonyl (C=O) groups is 6. The number of nitrogens with zero attached hydrogens (tertiary/aromatic N) is 8. The van der Waals surface area contributed by atoms with Crippen LogP contribution in [0.1, 0.15) is 88.2 Å². The van der Waals surface area contributed by atoms with Crippen molar-refractivity contribution in [1.82, 2.24) is 45.3 Å². The van der Waals surface area contributed by atoms with Crippen molar-refractivity contribution in [2.24, 2.45) is 5.73 Å². The molecule has 6 heterocycles. The van der Waals surface area contributed by atoms with Crippen LogP contribution in [0.25, 0.3) is 11.4 Å². The third-order valence-electron chi connectivity index (χ3n) is 11.7. The Morgan fingerprint density at radius 3 is 1.54 bits per heavy atom. The number of likely N-dealkylation sites (tertiary alicyclic amines) is 2. The molecule has 0 saturated carbocycles. The number of carbonyl (C=O) groups excluding carboxylic acids is 6. The highest BCUT2D eigenvalue weighted by Gasteiger charge is 2.43. The van der Waals surface area contributed by atoms with Crippen LogP contribution < -0.4 is 11.9 Å². The van der Waals surface area contributed by atoms with Crippen LogP contribution in [0.15, 0.2) is 48.5 Å². The van der Waals surface area contributed by atoms with Gasteiger partial charge in [0, 0.05) is 115 Å². The highest BCUT2D eigenvalue weighted by molar-refractivity contribution is 5.93. The van der Waals surface area contributed by atoms with Crippen LogP contribution in [-0.4, -0.2) is 143 Å². The van der Waals surface area contributed by atoms with Gasteiger partial charge in [-0.25, -0.2) is 14.2 Å². The lowest BCUT2D eigenvalue weighted by Gasteiger charge is -2.26. The van der Waals surface area contributed by atoms with Gasteiger partial charge in [-0.15, -0.1) is 0 Å². The third kappa shape index (κ3) is 9.48. The number of ether oxygens (including phenoxy) is 1. The first-order valence-corrected chi connectivity index (χ1v) is 20.9. The molecule has 5 amide bonds. The van der Waals surface area contributed by atoms with Gasteiger partial charge in [0.25, 0.3) is 17.7 Å². The molecule has 2 fully saturated rings. The molecular formula is C46H52N10O9. The number of aliphatic hydroxyl groups is 2. The summed E-state index contributed by atoms with van der Waals surface area (Å²) in [7, 11) is 3.27. The van der Waals surface area contributed by atoms with E-state index in [-0.39, 0.29) is 55.3 Å².